The van der Waals surface area contributed by atoms with E-state index in [9.17, 15) is 4.79 Å². The Kier molecular flexibility index (Phi) is 5.45. The molecular weight excluding hydrogens is 296 g/mol. The first-order valence-electron chi connectivity index (χ1n) is 7.94. The Morgan fingerprint density at radius 2 is 2.23 bits per heavy atom. The van der Waals surface area contributed by atoms with E-state index in [-0.39, 0.29) is 5.91 Å². The van der Waals surface area contributed by atoms with E-state index >= 15 is 0 Å². The maximum absolute atomic E-state index is 12.1. The summed E-state index contributed by atoms with van der Waals surface area (Å²) in [7, 11) is 0. The maximum atomic E-state index is 12.1. The molecule has 0 radical (unpaired) electrons. The summed E-state index contributed by atoms with van der Waals surface area (Å²) in [5.74, 6) is 0.639. The van der Waals surface area contributed by atoms with E-state index in [0.717, 1.165) is 36.8 Å². The number of aromatic nitrogens is 1. The third-order valence-corrected chi connectivity index (χ3v) is 4.87. The topological polar surface area (TPSA) is 71.2 Å². The lowest BCUT2D eigenvalue weighted by molar-refractivity contribution is -0.120. The molecule has 1 fully saturated rings. The highest BCUT2D eigenvalue weighted by molar-refractivity contribution is 7.15. The van der Waals surface area contributed by atoms with E-state index in [1.54, 1.807) is 0 Å². The normalized spacial score (nSPS) is 19.5. The molecule has 0 unspecified atom stereocenters. The van der Waals surface area contributed by atoms with Crippen LogP contribution in [0.15, 0.2) is 0 Å². The molecule has 1 aromatic rings. The molecule has 2 rings (SSSR count). The van der Waals surface area contributed by atoms with Crippen LogP contribution in [0, 0.1) is 18.3 Å². The zero-order valence-corrected chi connectivity index (χ0v) is 14.9. The van der Waals surface area contributed by atoms with E-state index in [2.05, 4.69) is 36.0 Å². The molecule has 0 spiro atoms. The molecule has 2 heterocycles. The van der Waals surface area contributed by atoms with Crippen molar-refractivity contribution in [2.45, 2.75) is 40.5 Å². The van der Waals surface area contributed by atoms with E-state index in [4.69, 9.17) is 5.73 Å². The number of hydrogen-bond acceptors (Lipinski definition) is 5. The lowest BCUT2D eigenvalue weighted by Crippen LogP contribution is -2.34. The zero-order chi connectivity index (χ0) is 16.3. The number of rotatable bonds is 5. The number of likely N-dealkylation sites (tertiary alicyclic amines) is 1. The quantitative estimate of drug-likeness (QED) is 0.870. The van der Waals surface area contributed by atoms with E-state index < -0.39 is 0 Å². The van der Waals surface area contributed by atoms with Gasteiger partial charge in [0.15, 0.2) is 5.13 Å². The number of thiazole rings is 1. The number of carbonyl (C=O) groups excluding carboxylic acids is 1. The van der Waals surface area contributed by atoms with Gasteiger partial charge in [-0.2, -0.15) is 0 Å². The molecule has 1 aliphatic heterocycles. The minimum absolute atomic E-state index is 0.0704. The summed E-state index contributed by atoms with van der Waals surface area (Å²) in [6, 6.07) is 0. The summed E-state index contributed by atoms with van der Waals surface area (Å²) in [5.41, 5.74) is 6.87. The summed E-state index contributed by atoms with van der Waals surface area (Å²) in [6.07, 6.45) is 1.56. The molecule has 1 amide bonds. The third-order valence-electron chi connectivity index (χ3n) is 3.89. The Labute approximate surface area is 137 Å². The first kappa shape index (κ1) is 17.2. The summed E-state index contributed by atoms with van der Waals surface area (Å²) in [5, 5.41) is 3.60. The summed E-state index contributed by atoms with van der Waals surface area (Å²) in [6.45, 7) is 12.8. The van der Waals surface area contributed by atoms with Crippen LogP contribution in [0.3, 0.4) is 0 Å². The standard InChI is InChI=1S/C16H28N4OS/c1-11-13(22-15(17)19-11)7-14(21)18-8-12-5-6-20(9-12)10-16(2,3)4/h12H,5-10H2,1-4H3,(H2,17,19)(H,18,21)/t12-/m1/s1. The molecule has 124 valence electrons. The van der Waals surface area contributed by atoms with Crippen LogP contribution in [0.1, 0.15) is 37.8 Å². The van der Waals surface area contributed by atoms with Crippen molar-refractivity contribution in [3.63, 3.8) is 0 Å². The van der Waals surface area contributed by atoms with Crippen molar-refractivity contribution in [2.24, 2.45) is 11.3 Å². The van der Waals surface area contributed by atoms with Gasteiger partial charge >= 0.3 is 0 Å². The van der Waals surface area contributed by atoms with Crippen molar-refractivity contribution in [3.8, 4) is 0 Å². The van der Waals surface area contributed by atoms with Crippen LogP contribution in [-0.2, 0) is 11.2 Å². The predicted octanol–water partition coefficient (Wildman–Crippen LogP) is 2.06. The molecule has 22 heavy (non-hydrogen) atoms. The Bertz CT molecular complexity index is 521. The van der Waals surface area contributed by atoms with Gasteiger partial charge in [-0.1, -0.05) is 20.8 Å². The SMILES string of the molecule is Cc1nc(N)sc1CC(=O)NC[C@H]1CCN(CC(C)(C)C)C1. The second-order valence-electron chi connectivity index (χ2n) is 7.49. The zero-order valence-electron chi connectivity index (χ0n) is 14.1. The third kappa shape index (κ3) is 5.25. The Morgan fingerprint density at radius 1 is 1.50 bits per heavy atom. The Balaban J connectivity index is 1.72. The number of nitrogens with zero attached hydrogens (tertiary/aromatic N) is 2. The minimum Gasteiger partial charge on any atom is -0.375 e. The fraction of sp³-hybridized carbons (Fsp3) is 0.750. The number of nitrogens with one attached hydrogen (secondary N) is 1. The second-order valence-corrected chi connectivity index (χ2v) is 8.61. The van der Waals surface area contributed by atoms with Crippen LogP contribution in [0.2, 0.25) is 0 Å². The number of anilines is 1. The van der Waals surface area contributed by atoms with Crippen LogP contribution >= 0.6 is 11.3 Å². The van der Waals surface area contributed by atoms with Crippen molar-refractivity contribution < 1.29 is 4.79 Å². The highest BCUT2D eigenvalue weighted by Crippen LogP contribution is 2.22. The number of amides is 1. The summed E-state index contributed by atoms with van der Waals surface area (Å²) < 4.78 is 0. The monoisotopic (exact) mass is 324 g/mol. The molecular formula is C16H28N4OS. The Hall–Kier alpha value is -1.14. The van der Waals surface area contributed by atoms with Gasteiger partial charge in [0.25, 0.3) is 0 Å². The van der Waals surface area contributed by atoms with Gasteiger partial charge in [0.2, 0.25) is 5.91 Å². The van der Waals surface area contributed by atoms with Gasteiger partial charge in [0.1, 0.15) is 0 Å². The average molecular weight is 324 g/mol. The number of nitrogens with two attached hydrogens (primary N) is 1. The molecule has 5 nitrogen and oxygen atoms in total. The number of hydrogen-bond donors (Lipinski definition) is 2. The maximum Gasteiger partial charge on any atom is 0.225 e. The minimum atomic E-state index is 0.0704. The molecule has 1 atom stereocenters. The first-order valence-corrected chi connectivity index (χ1v) is 8.75. The van der Waals surface area contributed by atoms with Crippen molar-refractivity contribution in [1.29, 1.82) is 0 Å². The molecule has 1 aliphatic rings. The predicted molar refractivity (Wildman–Crippen MR) is 92.0 cm³/mol. The van der Waals surface area contributed by atoms with Gasteiger partial charge in [0.05, 0.1) is 12.1 Å². The molecule has 6 heteroatoms. The summed E-state index contributed by atoms with van der Waals surface area (Å²) in [4.78, 5) is 19.7. The molecule has 0 bridgehead atoms. The van der Waals surface area contributed by atoms with Gasteiger partial charge < -0.3 is 16.0 Å². The van der Waals surface area contributed by atoms with E-state index in [1.165, 1.54) is 17.8 Å². The molecule has 1 aromatic heterocycles. The fourth-order valence-electron chi connectivity index (χ4n) is 2.97. The number of nitrogen functional groups attached to an aromatic ring is 1. The number of aryl methyl sites for hydroxylation is 1. The van der Waals surface area contributed by atoms with Crippen LogP contribution < -0.4 is 11.1 Å². The van der Waals surface area contributed by atoms with Crippen LogP contribution in [0.25, 0.3) is 0 Å². The van der Waals surface area contributed by atoms with Gasteiger partial charge in [-0.25, -0.2) is 4.98 Å². The van der Waals surface area contributed by atoms with Crippen molar-refractivity contribution >= 4 is 22.4 Å². The lowest BCUT2D eigenvalue weighted by Gasteiger charge is -2.26. The molecule has 3 N–H and O–H groups in total. The largest absolute Gasteiger partial charge is 0.375 e. The molecule has 0 aromatic carbocycles. The van der Waals surface area contributed by atoms with Crippen LogP contribution in [0.5, 0.6) is 0 Å². The van der Waals surface area contributed by atoms with Crippen LogP contribution in [-0.4, -0.2) is 42.0 Å². The number of carbonyl (C=O) groups is 1. The van der Waals surface area contributed by atoms with Gasteiger partial charge in [-0.05, 0) is 31.2 Å². The van der Waals surface area contributed by atoms with Crippen molar-refractivity contribution in [3.05, 3.63) is 10.6 Å². The van der Waals surface area contributed by atoms with Crippen molar-refractivity contribution in [2.75, 3.05) is 31.9 Å². The van der Waals surface area contributed by atoms with Crippen LogP contribution in [0.4, 0.5) is 5.13 Å². The summed E-state index contributed by atoms with van der Waals surface area (Å²) >= 11 is 1.41. The van der Waals surface area contributed by atoms with E-state index in [1.807, 2.05) is 6.92 Å². The van der Waals surface area contributed by atoms with Gasteiger partial charge in [-0.3, -0.25) is 4.79 Å². The van der Waals surface area contributed by atoms with Crippen molar-refractivity contribution in [1.82, 2.24) is 15.2 Å². The van der Waals surface area contributed by atoms with E-state index in [0.29, 0.717) is 22.9 Å². The Morgan fingerprint density at radius 3 is 2.82 bits per heavy atom. The fourth-order valence-corrected chi connectivity index (χ4v) is 3.81. The molecule has 0 saturated carbocycles. The van der Waals surface area contributed by atoms with Gasteiger partial charge in [0, 0.05) is 24.5 Å². The smallest absolute Gasteiger partial charge is 0.225 e. The highest BCUT2D eigenvalue weighted by Gasteiger charge is 2.26. The second kappa shape index (κ2) is 6.96. The first-order chi connectivity index (χ1) is 10.2. The highest BCUT2D eigenvalue weighted by atomic mass is 32.1. The molecule has 0 aliphatic carbocycles. The van der Waals surface area contributed by atoms with Gasteiger partial charge in [-0.15, -0.1) is 11.3 Å². The molecule has 1 saturated heterocycles. The lowest BCUT2D eigenvalue weighted by atomic mass is 9.96. The average Bonchev–Trinajstić information content (AvgIpc) is 2.92.